The smallest absolute Gasteiger partial charge is 0.266 e. The first-order chi connectivity index (χ1) is 9.38. The van der Waals surface area contributed by atoms with Crippen molar-refractivity contribution in [3.05, 3.63) is 10.1 Å². The Balaban J connectivity index is 1.93. The first-order valence-corrected chi connectivity index (χ1v) is 7.29. The Morgan fingerprint density at radius 3 is 2.75 bits per heavy atom. The van der Waals surface area contributed by atoms with E-state index in [2.05, 4.69) is 10.2 Å². The van der Waals surface area contributed by atoms with Crippen LogP contribution < -0.4 is 5.32 Å². The molecule has 2 heterocycles. The molecule has 0 saturated carbocycles. The number of piperidine rings is 1. The SMILES string of the molecule is CC(C)(O)C1COCCN(C2CCC([N+](=O)[O-])NC2)C1. The Bertz CT molecular complexity index is 337. The second-order valence-corrected chi connectivity index (χ2v) is 6.36. The summed E-state index contributed by atoms with van der Waals surface area (Å²) >= 11 is 0. The number of nitrogens with zero attached hydrogens (tertiary/aromatic N) is 2. The molecule has 0 amide bonds. The molecule has 20 heavy (non-hydrogen) atoms. The van der Waals surface area contributed by atoms with Gasteiger partial charge in [-0.15, -0.1) is 0 Å². The van der Waals surface area contributed by atoms with Crippen molar-refractivity contribution in [2.75, 3.05) is 32.8 Å². The van der Waals surface area contributed by atoms with Crippen LogP contribution in [0.2, 0.25) is 0 Å². The molecule has 0 aromatic heterocycles. The van der Waals surface area contributed by atoms with Crippen LogP contribution in [0.15, 0.2) is 0 Å². The van der Waals surface area contributed by atoms with E-state index in [0.29, 0.717) is 26.2 Å². The molecule has 0 spiro atoms. The number of rotatable bonds is 3. The van der Waals surface area contributed by atoms with Gasteiger partial charge in [-0.1, -0.05) is 0 Å². The van der Waals surface area contributed by atoms with E-state index in [1.165, 1.54) is 0 Å². The Hall–Kier alpha value is -0.760. The van der Waals surface area contributed by atoms with Gasteiger partial charge in [-0.25, -0.2) is 0 Å². The number of ether oxygens (including phenoxy) is 1. The van der Waals surface area contributed by atoms with Gasteiger partial charge < -0.3 is 9.84 Å². The van der Waals surface area contributed by atoms with E-state index in [1.54, 1.807) is 0 Å². The standard InChI is InChI=1S/C13H25N3O4/c1-13(2,17)10-8-15(5-6-20-9-10)11-3-4-12(14-7-11)16(18)19/h10-12,14,17H,3-9H2,1-2H3. The van der Waals surface area contributed by atoms with Crippen molar-refractivity contribution >= 4 is 0 Å². The fourth-order valence-corrected chi connectivity index (χ4v) is 2.91. The molecular formula is C13H25N3O4. The van der Waals surface area contributed by atoms with Gasteiger partial charge in [0.1, 0.15) is 0 Å². The van der Waals surface area contributed by atoms with Gasteiger partial charge in [-0.3, -0.25) is 20.3 Å². The monoisotopic (exact) mass is 287 g/mol. The van der Waals surface area contributed by atoms with Crippen molar-refractivity contribution in [3.63, 3.8) is 0 Å². The van der Waals surface area contributed by atoms with Gasteiger partial charge in [0.2, 0.25) is 0 Å². The van der Waals surface area contributed by atoms with Crippen LogP contribution in [-0.4, -0.2) is 65.6 Å². The molecule has 2 N–H and O–H groups in total. The third-order valence-corrected chi connectivity index (χ3v) is 4.43. The molecule has 0 bridgehead atoms. The Morgan fingerprint density at radius 2 is 2.20 bits per heavy atom. The second kappa shape index (κ2) is 6.34. The molecule has 2 aliphatic rings. The predicted octanol–water partition coefficient (Wildman–Crippen LogP) is 0.0605. The average Bonchev–Trinajstić information content (AvgIpc) is 2.64. The van der Waals surface area contributed by atoms with Crippen LogP contribution in [-0.2, 0) is 4.74 Å². The van der Waals surface area contributed by atoms with Gasteiger partial charge in [0, 0.05) is 42.9 Å². The van der Waals surface area contributed by atoms with Crippen LogP contribution >= 0.6 is 0 Å². The van der Waals surface area contributed by atoms with E-state index in [-0.39, 0.29) is 16.9 Å². The number of aliphatic hydroxyl groups is 1. The molecule has 0 aromatic carbocycles. The summed E-state index contributed by atoms with van der Waals surface area (Å²) in [7, 11) is 0. The molecular weight excluding hydrogens is 262 g/mol. The van der Waals surface area contributed by atoms with Crippen molar-refractivity contribution < 1.29 is 14.8 Å². The topological polar surface area (TPSA) is 87.9 Å². The highest BCUT2D eigenvalue weighted by atomic mass is 16.6. The van der Waals surface area contributed by atoms with Gasteiger partial charge in [0.05, 0.1) is 18.8 Å². The molecule has 2 fully saturated rings. The highest BCUT2D eigenvalue weighted by Gasteiger charge is 2.36. The highest BCUT2D eigenvalue weighted by Crippen LogP contribution is 2.23. The van der Waals surface area contributed by atoms with Crippen LogP contribution in [0.4, 0.5) is 0 Å². The summed E-state index contributed by atoms with van der Waals surface area (Å²) in [5.74, 6) is 0.0678. The van der Waals surface area contributed by atoms with E-state index in [9.17, 15) is 15.2 Å². The number of nitrogens with one attached hydrogen (secondary N) is 1. The summed E-state index contributed by atoms with van der Waals surface area (Å²) in [6.45, 7) is 7.07. The Labute approximate surface area is 119 Å². The Morgan fingerprint density at radius 1 is 1.45 bits per heavy atom. The van der Waals surface area contributed by atoms with E-state index in [1.807, 2.05) is 13.8 Å². The van der Waals surface area contributed by atoms with Gasteiger partial charge in [-0.2, -0.15) is 0 Å². The molecule has 3 unspecified atom stereocenters. The number of hydrogen-bond donors (Lipinski definition) is 2. The zero-order valence-corrected chi connectivity index (χ0v) is 12.2. The lowest BCUT2D eigenvalue weighted by Gasteiger charge is -2.37. The van der Waals surface area contributed by atoms with Crippen LogP contribution in [0.3, 0.4) is 0 Å². The maximum absolute atomic E-state index is 10.8. The van der Waals surface area contributed by atoms with Crippen molar-refractivity contribution in [1.82, 2.24) is 10.2 Å². The molecule has 0 radical (unpaired) electrons. The molecule has 2 saturated heterocycles. The number of hydrogen-bond acceptors (Lipinski definition) is 6. The minimum absolute atomic E-state index is 0.0678. The fraction of sp³-hybridized carbons (Fsp3) is 1.00. The van der Waals surface area contributed by atoms with Crippen LogP contribution in [0.1, 0.15) is 26.7 Å². The molecule has 2 rings (SSSR count). The summed E-state index contributed by atoms with van der Waals surface area (Å²) in [5.41, 5.74) is -0.770. The molecule has 116 valence electrons. The van der Waals surface area contributed by atoms with Gasteiger partial charge in [0.25, 0.3) is 6.17 Å². The first kappa shape index (κ1) is 15.6. The van der Waals surface area contributed by atoms with Crippen molar-refractivity contribution in [2.45, 2.75) is 44.5 Å². The minimum atomic E-state index is -0.770. The quantitative estimate of drug-likeness (QED) is 0.564. The zero-order chi connectivity index (χ0) is 14.8. The molecule has 0 aromatic rings. The van der Waals surface area contributed by atoms with Crippen LogP contribution in [0.5, 0.6) is 0 Å². The predicted molar refractivity (Wildman–Crippen MR) is 74.0 cm³/mol. The summed E-state index contributed by atoms with van der Waals surface area (Å²) in [6, 6.07) is 0.290. The van der Waals surface area contributed by atoms with Gasteiger partial charge in [0.15, 0.2) is 0 Å². The lowest BCUT2D eigenvalue weighted by molar-refractivity contribution is -0.532. The van der Waals surface area contributed by atoms with E-state index >= 15 is 0 Å². The molecule has 7 heteroatoms. The van der Waals surface area contributed by atoms with Crippen molar-refractivity contribution in [1.29, 1.82) is 0 Å². The number of nitro groups is 1. The van der Waals surface area contributed by atoms with Crippen LogP contribution in [0.25, 0.3) is 0 Å². The lowest BCUT2D eigenvalue weighted by Crippen LogP contribution is -2.54. The molecule has 2 aliphatic heterocycles. The normalized spacial score (nSPS) is 33.6. The summed E-state index contributed by atoms with van der Waals surface area (Å²) in [4.78, 5) is 12.8. The van der Waals surface area contributed by atoms with Gasteiger partial charge in [-0.05, 0) is 20.3 Å². The van der Waals surface area contributed by atoms with Crippen LogP contribution in [0, 0.1) is 16.0 Å². The summed E-state index contributed by atoms with van der Waals surface area (Å²) in [6.07, 6.45) is 0.763. The minimum Gasteiger partial charge on any atom is -0.390 e. The average molecular weight is 287 g/mol. The van der Waals surface area contributed by atoms with E-state index in [0.717, 1.165) is 19.5 Å². The second-order valence-electron chi connectivity index (χ2n) is 6.36. The van der Waals surface area contributed by atoms with Crippen molar-refractivity contribution in [3.8, 4) is 0 Å². The third-order valence-electron chi connectivity index (χ3n) is 4.43. The Kier molecular flexibility index (Phi) is 4.95. The lowest BCUT2D eigenvalue weighted by atomic mass is 9.90. The summed E-state index contributed by atoms with van der Waals surface area (Å²) in [5, 5.41) is 23.9. The van der Waals surface area contributed by atoms with Crippen molar-refractivity contribution in [2.24, 2.45) is 5.92 Å². The zero-order valence-electron chi connectivity index (χ0n) is 12.2. The maximum Gasteiger partial charge on any atom is 0.266 e. The van der Waals surface area contributed by atoms with Gasteiger partial charge >= 0.3 is 0 Å². The largest absolute Gasteiger partial charge is 0.390 e. The summed E-state index contributed by atoms with van der Waals surface area (Å²) < 4.78 is 5.58. The first-order valence-electron chi connectivity index (χ1n) is 7.29. The molecule has 3 atom stereocenters. The molecule has 7 nitrogen and oxygen atoms in total. The fourth-order valence-electron chi connectivity index (χ4n) is 2.91. The van der Waals surface area contributed by atoms with E-state index < -0.39 is 11.8 Å². The maximum atomic E-state index is 10.8. The van der Waals surface area contributed by atoms with E-state index in [4.69, 9.17) is 4.74 Å². The third kappa shape index (κ3) is 3.88. The molecule has 0 aliphatic carbocycles. The highest BCUT2D eigenvalue weighted by molar-refractivity contribution is 4.87.